The summed E-state index contributed by atoms with van der Waals surface area (Å²) in [5.41, 5.74) is 0. The van der Waals surface area contributed by atoms with E-state index in [9.17, 15) is 34.5 Å². The van der Waals surface area contributed by atoms with Crippen molar-refractivity contribution in [3.8, 4) is 0 Å². The van der Waals surface area contributed by atoms with Crippen LogP contribution in [-0.2, 0) is 19.2 Å². The number of hydrogen-bond donors (Lipinski definition) is 3. The summed E-state index contributed by atoms with van der Waals surface area (Å²) < 4.78 is 0. The van der Waals surface area contributed by atoms with Gasteiger partial charge in [-0.15, -0.1) is 0 Å². The molecule has 0 aliphatic heterocycles. The maximum atomic E-state index is 10.7. The third kappa shape index (κ3) is 19.3. The van der Waals surface area contributed by atoms with Gasteiger partial charge in [0.15, 0.2) is 0 Å². The smallest absolute Gasteiger partial charge is 0.550 e. The number of carbonyl (C=O) groups excluding carboxylic acids is 3. The van der Waals surface area contributed by atoms with Crippen molar-refractivity contribution in [3.63, 3.8) is 0 Å². The molecule has 0 bridgehead atoms. The van der Waals surface area contributed by atoms with Crippen LogP contribution in [-0.4, -0.2) is 54.2 Å². The molecule has 0 saturated carbocycles. The topological polar surface area (TPSA) is 182 Å². The zero-order chi connectivity index (χ0) is 15.7. The minimum atomic E-state index is -1.64. The van der Waals surface area contributed by atoms with E-state index in [0.29, 0.717) is 0 Å². The van der Waals surface area contributed by atoms with Gasteiger partial charge in [0, 0.05) is 37.9 Å². The van der Waals surface area contributed by atoms with Crippen molar-refractivity contribution in [2.75, 3.05) is 13.1 Å². The van der Waals surface area contributed by atoms with Crippen LogP contribution in [0.5, 0.6) is 0 Å². The van der Waals surface area contributed by atoms with E-state index in [1.54, 1.807) is 0 Å². The van der Waals surface area contributed by atoms with Gasteiger partial charge in [0.2, 0.25) is 0 Å². The minimum absolute atomic E-state index is 0. The Morgan fingerprint density at radius 1 is 0.783 bits per heavy atom. The Balaban J connectivity index is -0.000000602. The monoisotopic (exact) mass is 406 g/mol. The Morgan fingerprint density at radius 3 is 1.43 bits per heavy atom. The molecule has 23 heavy (non-hydrogen) atoms. The van der Waals surface area contributed by atoms with Crippen molar-refractivity contribution in [1.29, 1.82) is 0 Å². The average molecular weight is 407 g/mol. The Hall–Kier alpha value is 2.71. The van der Waals surface area contributed by atoms with Crippen LogP contribution in [0, 0.1) is 0 Å². The van der Waals surface area contributed by atoms with Gasteiger partial charge in [-0.05, 0) is 0 Å². The summed E-state index contributed by atoms with van der Waals surface area (Å²) in [5.74, 6) is -6.18. The SMILES string of the molecule is O=C([O-])C[C@H](NCCN[C@@H](CC(=O)[O-])C(=O)O)C(=O)[O-].[K+].[K+].[K+]. The van der Waals surface area contributed by atoms with E-state index in [2.05, 4.69) is 10.6 Å². The number of hydrogen-bond acceptors (Lipinski definition) is 9. The molecule has 0 aromatic heterocycles. The molecule has 0 aliphatic rings. The van der Waals surface area contributed by atoms with E-state index in [-0.39, 0.29) is 167 Å². The summed E-state index contributed by atoms with van der Waals surface area (Å²) in [6.07, 6.45) is -1.55. The minimum Gasteiger partial charge on any atom is -0.550 e. The Morgan fingerprint density at radius 2 is 1.13 bits per heavy atom. The van der Waals surface area contributed by atoms with Gasteiger partial charge >= 0.3 is 160 Å². The molecule has 0 rings (SSSR count). The van der Waals surface area contributed by atoms with E-state index in [0.717, 1.165) is 0 Å². The molecule has 13 heteroatoms. The van der Waals surface area contributed by atoms with Crippen molar-refractivity contribution in [1.82, 2.24) is 10.6 Å². The first-order valence-electron chi connectivity index (χ1n) is 5.54. The summed E-state index contributed by atoms with van der Waals surface area (Å²) in [5, 5.41) is 44.4. The zero-order valence-electron chi connectivity index (χ0n) is 13.3. The molecule has 0 aliphatic carbocycles. The number of carbonyl (C=O) groups is 4. The summed E-state index contributed by atoms with van der Waals surface area (Å²) in [6, 6.07) is -2.87. The maximum Gasteiger partial charge on any atom is 1.00 e. The van der Waals surface area contributed by atoms with Gasteiger partial charge in [0.25, 0.3) is 0 Å². The van der Waals surface area contributed by atoms with Crippen LogP contribution in [0.15, 0.2) is 0 Å². The van der Waals surface area contributed by atoms with Crippen LogP contribution < -0.4 is 180 Å². The van der Waals surface area contributed by atoms with Gasteiger partial charge in [-0.25, -0.2) is 0 Å². The molecule has 0 aromatic carbocycles. The van der Waals surface area contributed by atoms with Crippen molar-refractivity contribution < 1.29 is 194 Å². The predicted octanol–water partition coefficient (Wildman–Crippen LogP) is -15.0. The molecule has 0 radical (unpaired) electrons. The van der Waals surface area contributed by atoms with E-state index in [4.69, 9.17) is 5.11 Å². The van der Waals surface area contributed by atoms with Gasteiger partial charge in [0.05, 0.1) is 12.0 Å². The fraction of sp³-hybridized carbons (Fsp3) is 0.600. The number of carboxylic acid groups (broad SMARTS) is 4. The molecule has 10 nitrogen and oxygen atoms in total. The number of carboxylic acids is 4. The van der Waals surface area contributed by atoms with Crippen LogP contribution in [0.4, 0.5) is 0 Å². The Kier molecular flexibility index (Phi) is 28.2. The van der Waals surface area contributed by atoms with Crippen molar-refractivity contribution in [3.05, 3.63) is 0 Å². The largest absolute Gasteiger partial charge is 1.00 e. The third-order valence-corrected chi connectivity index (χ3v) is 2.23. The van der Waals surface area contributed by atoms with Crippen molar-refractivity contribution in [2.24, 2.45) is 0 Å². The number of nitrogens with one attached hydrogen (secondary N) is 2. The van der Waals surface area contributed by atoms with Gasteiger partial charge in [-0.3, -0.25) is 4.79 Å². The van der Waals surface area contributed by atoms with Crippen LogP contribution in [0.3, 0.4) is 0 Å². The van der Waals surface area contributed by atoms with Gasteiger partial charge in [0.1, 0.15) is 6.04 Å². The molecule has 0 fully saturated rings. The Bertz CT molecular complexity index is 360. The molecule has 0 unspecified atom stereocenters. The first kappa shape index (κ1) is 33.3. The van der Waals surface area contributed by atoms with Crippen molar-refractivity contribution in [2.45, 2.75) is 24.9 Å². The van der Waals surface area contributed by atoms with E-state index in [1.165, 1.54) is 0 Å². The third-order valence-electron chi connectivity index (χ3n) is 2.23. The molecule has 114 valence electrons. The fourth-order valence-corrected chi connectivity index (χ4v) is 1.31. The number of aliphatic carboxylic acids is 4. The average Bonchev–Trinajstić information content (AvgIpc) is 2.29. The second-order valence-corrected chi connectivity index (χ2v) is 3.82. The molecule has 2 atom stereocenters. The van der Waals surface area contributed by atoms with Gasteiger partial charge in [-0.2, -0.15) is 0 Å². The van der Waals surface area contributed by atoms with E-state index >= 15 is 0 Å². The van der Waals surface area contributed by atoms with E-state index < -0.39 is 48.8 Å². The summed E-state index contributed by atoms with van der Waals surface area (Å²) in [4.78, 5) is 41.7. The second kappa shape index (κ2) is 19.5. The molecule has 0 saturated heterocycles. The fourth-order valence-electron chi connectivity index (χ4n) is 1.31. The van der Waals surface area contributed by atoms with Crippen LogP contribution in [0.2, 0.25) is 0 Å². The summed E-state index contributed by atoms with van der Waals surface area (Å²) in [6.45, 7) is -0.205. The van der Waals surface area contributed by atoms with Crippen LogP contribution in [0.1, 0.15) is 12.8 Å². The molecule has 0 spiro atoms. The normalized spacial score (nSPS) is 11.7. The Labute approximate surface area is 260 Å². The number of rotatable bonds is 11. The molecule has 0 aromatic rings. The molecule has 0 amide bonds. The van der Waals surface area contributed by atoms with E-state index in [1.807, 2.05) is 0 Å². The van der Waals surface area contributed by atoms with Crippen molar-refractivity contribution >= 4 is 23.9 Å². The summed E-state index contributed by atoms with van der Waals surface area (Å²) in [7, 11) is 0. The standard InChI is InChI=1S/C10H16N2O8.3K/c13-7(14)3-5(9(17)18)11-1-2-12-6(10(19)20)4-8(15)16;;;/h5-6,11-12H,1-4H2,(H,13,14)(H,15,16)(H,17,18)(H,19,20);;;/q;3*+1/p-3/t5-,6-;;;/m0.../s1. The van der Waals surface area contributed by atoms with Crippen LogP contribution >= 0.6 is 0 Å². The molecule has 3 N–H and O–H groups in total. The zero-order valence-corrected chi connectivity index (χ0v) is 22.7. The van der Waals surface area contributed by atoms with Gasteiger partial charge < -0.3 is 45.4 Å². The summed E-state index contributed by atoms with van der Waals surface area (Å²) >= 11 is 0. The first-order valence-corrected chi connectivity index (χ1v) is 5.54. The second-order valence-electron chi connectivity index (χ2n) is 3.82. The quantitative estimate of drug-likeness (QED) is 0.220. The molecule has 0 heterocycles. The molecular weight excluding hydrogens is 393 g/mol. The first-order chi connectivity index (χ1) is 9.23. The predicted molar refractivity (Wildman–Crippen MR) is 55.5 cm³/mol. The molecular formula is C10H13K3N2O8. The van der Waals surface area contributed by atoms with Gasteiger partial charge in [-0.1, -0.05) is 0 Å². The maximum absolute atomic E-state index is 10.7. The van der Waals surface area contributed by atoms with Crippen LogP contribution in [0.25, 0.3) is 0 Å².